The largest absolute Gasteiger partial charge is 0.497 e. The summed E-state index contributed by atoms with van der Waals surface area (Å²) in [6.45, 7) is 1.58. The third-order valence-electron chi connectivity index (χ3n) is 4.11. The van der Waals surface area contributed by atoms with E-state index in [0.717, 1.165) is 24.5 Å². The number of rotatable bonds is 6. The summed E-state index contributed by atoms with van der Waals surface area (Å²) in [6.07, 6.45) is 0. The van der Waals surface area contributed by atoms with Crippen molar-refractivity contribution in [2.75, 3.05) is 12.0 Å². The molecule has 3 rings (SSSR count). The van der Waals surface area contributed by atoms with Crippen molar-refractivity contribution in [3.8, 4) is 11.8 Å². The smallest absolute Gasteiger partial charge is 0.119 e. The van der Waals surface area contributed by atoms with Crippen LogP contribution in [-0.4, -0.2) is 7.11 Å². The van der Waals surface area contributed by atoms with E-state index in [1.54, 1.807) is 7.11 Å². The van der Waals surface area contributed by atoms with Crippen molar-refractivity contribution in [2.45, 2.75) is 13.1 Å². The minimum Gasteiger partial charge on any atom is -0.497 e. The lowest BCUT2D eigenvalue weighted by Crippen LogP contribution is -2.22. The number of ether oxygens (including phenoxy) is 1. The Hall–Kier alpha value is -3.25. The first-order chi connectivity index (χ1) is 12.3. The van der Waals surface area contributed by atoms with E-state index in [4.69, 9.17) is 10.00 Å². The molecule has 0 N–H and O–H groups in total. The van der Waals surface area contributed by atoms with Gasteiger partial charge in [0.25, 0.3) is 0 Å². The van der Waals surface area contributed by atoms with E-state index in [0.29, 0.717) is 5.56 Å². The van der Waals surface area contributed by atoms with Gasteiger partial charge in [-0.05, 0) is 47.5 Å². The van der Waals surface area contributed by atoms with Crippen molar-refractivity contribution in [1.29, 1.82) is 5.26 Å². The molecule has 0 aliphatic rings. The van der Waals surface area contributed by atoms with Crippen molar-refractivity contribution < 1.29 is 4.74 Å². The quantitative estimate of drug-likeness (QED) is 0.654. The minimum atomic E-state index is 0.683. The fourth-order valence-electron chi connectivity index (χ4n) is 2.74. The molecule has 0 atom stereocenters. The van der Waals surface area contributed by atoms with Gasteiger partial charge in [-0.1, -0.05) is 42.5 Å². The second kappa shape index (κ2) is 8.03. The zero-order chi connectivity index (χ0) is 17.5. The molecule has 0 heterocycles. The standard InChI is InChI=1S/C22H20N2O/c1-25-22-13-11-21(12-14-22)24(16-19-5-3-2-4-6-19)17-20-9-7-18(15-23)8-10-20/h2-14H,16-17H2,1H3. The van der Waals surface area contributed by atoms with Gasteiger partial charge in [-0.25, -0.2) is 0 Å². The summed E-state index contributed by atoms with van der Waals surface area (Å²) in [5.74, 6) is 0.849. The van der Waals surface area contributed by atoms with E-state index in [1.165, 1.54) is 11.1 Å². The number of hydrogen-bond acceptors (Lipinski definition) is 3. The Bertz CT molecular complexity index is 834. The zero-order valence-corrected chi connectivity index (χ0v) is 14.2. The summed E-state index contributed by atoms with van der Waals surface area (Å²) in [5, 5.41) is 8.96. The molecule has 0 unspecified atom stereocenters. The maximum atomic E-state index is 8.96. The van der Waals surface area contributed by atoms with Crippen molar-refractivity contribution in [2.24, 2.45) is 0 Å². The summed E-state index contributed by atoms with van der Waals surface area (Å²) in [7, 11) is 1.67. The van der Waals surface area contributed by atoms with Crippen LogP contribution in [0.25, 0.3) is 0 Å². The Morgan fingerprint density at radius 1 is 0.800 bits per heavy atom. The van der Waals surface area contributed by atoms with Crippen molar-refractivity contribution in [3.05, 3.63) is 95.6 Å². The van der Waals surface area contributed by atoms with Crippen LogP contribution in [0, 0.1) is 11.3 Å². The molecule has 0 spiro atoms. The van der Waals surface area contributed by atoms with Crippen LogP contribution >= 0.6 is 0 Å². The van der Waals surface area contributed by atoms with Crippen LogP contribution in [0.2, 0.25) is 0 Å². The Balaban J connectivity index is 1.85. The molecular weight excluding hydrogens is 308 g/mol. The average Bonchev–Trinajstić information content (AvgIpc) is 2.69. The predicted molar refractivity (Wildman–Crippen MR) is 100 cm³/mol. The summed E-state index contributed by atoms with van der Waals surface area (Å²) >= 11 is 0. The van der Waals surface area contributed by atoms with E-state index in [2.05, 4.69) is 47.4 Å². The van der Waals surface area contributed by atoms with Crippen LogP contribution in [-0.2, 0) is 13.1 Å². The van der Waals surface area contributed by atoms with Gasteiger partial charge in [-0.2, -0.15) is 5.26 Å². The molecule has 3 aromatic rings. The maximum Gasteiger partial charge on any atom is 0.119 e. The molecule has 3 nitrogen and oxygen atoms in total. The lowest BCUT2D eigenvalue weighted by Gasteiger charge is -2.25. The van der Waals surface area contributed by atoms with Gasteiger partial charge >= 0.3 is 0 Å². The molecule has 3 heteroatoms. The first kappa shape index (κ1) is 16.6. The topological polar surface area (TPSA) is 36.3 Å². The highest BCUT2D eigenvalue weighted by Crippen LogP contribution is 2.23. The number of hydrogen-bond donors (Lipinski definition) is 0. The van der Waals surface area contributed by atoms with Crippen LogP contribution in [0.3, 0.4) is 0 Å². The molecule has 0 amide bonds. The normalized spacial score (nSPS) is 10.1. The molecule has 0 aromatic heterocycles. The number of nitrogens with zero attached hydrogens (tertiary/aromatic N) is 2. The SMILES string of the molecule is COc1ccc(N(Cc2ccccc2)Cc2ccc(C#N)cc2)cc1. The number of anilines is 1. The minimum absolute atomic E-state index is 0.683. The average molecular weight is 328 g/mol. The number of methoxy groups -OCH3 is 1. The summed E-state index contributed by atoms with van der Waals surface area (Å²) in [5.41, 5.74) is 4.24. The van der Waals surface area contributed by atoms with Gasteiger partial charge in [0.1, 0.15) is 5.75 Å². The molecule has 0 saturated heterocycles. The van der Waals surface area contributed by atoms with E-state index in [1.807, 2.05) is 42.5 Å². The van der Waals surface area contributed by atoms with Gasteiger partial charge in [0.05, 0.1) is 18.7 Å². The molecule has 0 aliphatic heterocycles. The van der Waals surface area contributed by atoms with Crippen LogP contribution in [0.1, 0.15) is 16.7 Å². The van der Waals surface area contributed by atoms with E-state index in [9.17, 15) is 0 Å². The van der Waals surface area contributed by atoms with Gasteiger partial charge in [0.2, 0.25) is 0 Å². The molecule has 0 radical (unpaired) electrons. The highest BCUT2D eigenvalue weighted by molar-refractivity contribution is 5.50. The lowest BCUT2D eigenvalue weighted by molar-refractivity contribution is 0.415. The molecule has 0 saturated carbocycles. The molecule has 0 aliphatic carbocycles. The molecule has 0 bridgehead atoms. The number of benzene rings is 3. The Morgan fingerprint density at radius 3 is 1.96 bits per heavy atom. The molecular formula is C22H20N2O. The molecule has 124 valence electrons. The van der Waals surface area contributed by atoms with Crippen molar-refractivity contribution >= 4 is 5.69 Å². The summed E-state index contributed by atoms with van der Waals surface area (Å²) < 4.78 is 5.26. The van der Waals surface area contributed by atoms with Gasteiger partial charge in [0.15, 0.2) is 0 Å². The van der Waals surface area contributed by atoms with E-state index < -0.39 is 0 Å². The highest BCUT2D eigenvalue weighted by Gasteiger charge is 2.09. The van der Waals surface area contributed by atoms with Gasteiger partial charge in [0, 0.05) is 18.8 Å². The van der Waals surface area contributed by atoms with Crippen LogP contribution < -0.4 is 9.64 Å². The summed E-state index contributed by atoms with van der Waals surface area (Å²) in [4.78, 5) is 2.32. The fraction of sp³-hybridized carbons (Fsp3) is 0.136. The first-order valence-electron chi connectivity index (χ1n) is 8.20. The van der Waals surface area contributed by atoms with Gasteiger partial charge in [-0.3, -0.25) is 0 Å². The maximum absolute atomic E-state index is 8.96. The highest BCUT2D eigenvalue weighted by atomic mass is 16.5. The third-order valence-corrected chi connectivity index (χ3v) is 4.11. The Labute approximate surface area is 148 Å². The van der Waals surface area contributed by atoms with E-state index in [-0.39, 0.29) is 0 Å². The van der Waals surface area contributed by atoms with Gasteiger partial charge < -0.3 is 9.64 Å². The van der Waals surface area contributed by atoms with Crippen molar-refractivity contribution in [3.63, 3.8) is 0 Å². The molecule has 0 fully saturated rings. The molecule has 25 heavy (non-hydrogen) atoms. The summed E-state index contributed by atoms with van der Waals surface area (Å²) in [6, 6.07) is 28.4. The zero-order valence-electron chi connectivity index (χ0n) is 14.2. The second-order valence-corrected chi connectivity index (χ2v) is 5.85. The van der Waals surface area contributed by atoms with Crippen LogP contribution in [0.4, 0.5) is 5.69 Å². The predicted octanol–water partition coefficient (Wildman–Crippen LogP) is 4.77. The van der Waals surface area contributed by atoms with E-state index >= 15 is 0 Å². The Kier molecular flexibility index (Phi) is 5.33. The third kappa shape index (κ3) is 4.39. The van der Waals surface area contributed by atoms with Crippen molar-refractivity contribution in [1.82, 2.24) is 0 Å². The lowest BCUT2D eigenvalue weighted by atomic mass is 10.1. The molecule has 3 aromatic carbocycles. The number of nitriles is 1. The van der Waals surface area contributed by atoms with Crippen LogP contribution in [0.15, 0.2) is 78.9 Å². The first-order valence-corrected chi connectivity index (χ1v) is 8.20. The second-order valence-electron chi connectivity index (χ2n) is 5.85. The monoisotopic (exact) mass is 328 g/mol. The van der Waals surface area contributed by atoms with Crippen LogP contribution in [0.5, 0.6) is 5.75 Å². The van der Waals surface area contributed by atoms with Gasteiger partial charge in [-0.15, -0.1) is 0 Å². The Morgan fingerprint density at radius 2 is 1.40 bits per heavy atom. The fourth-order valence-corrected chi connectivity index (χ4v) is 2.74.